The van der Waals surface area contributed by atoms with Gasteiger partial charge < -0.3 is 0 Å². The summed E-state index contributed by atoms with van der Waals surface area (Å²) in [5, 5.41) is 0. The summed E-state index contributed by atoms with van der Waals surface area (Å²) in [5.74, 6) is -0.675. The molecule has 0 amide bonds. The summed E-state index contributed by atoms with van der Waals surface area (Å²) < 4.78 is 36.6. The van der Waals surface area contributed by atoms with Crippen LogP contribution in [-0.4, -0.2) is 4.98 Å². The standard InChI is InChI=1S/C6H2Br2F3N/c7-2-1-3(9)5(8)12-4(2)6(10)11/h1,6H. The Hall–Kier alpha value is -0.100. The lowest BCUT2D eigenvalue weighted by atomic mass is 10.3. The van der Waals surface area contributed by atoms with Gasteiger partial charge in [0.05, 0.1) is 0 Å². The Kier molecular flexibility index (Phi) is 3.11. The number of hydrogen-bond donors (Lipinski definition) is 0. The summed E-state index contributed by atoms with van der Waals surface area (Å²) in [4.78, 5) is 3.32. The highest BCUT2D eigenvalue weighted by Crippen LogP contribution is 2.28. The molecule has 1 heterocycles. The third-order valence-corrected chi connectivity index (χ3v) is 2.31. The average Bonchev–Trinajstić information content (AvgIpc) is 1.96. The molecule has 0 unspecified atom stereocenters. The van der Waals surface area contributed by atoms with Crippen LogP contribution in [0.25, 0.3) is 0 Å². The summed E-state index contributed by atoms with van der Waals surface area (Å²) in [6.45, 7) is 0. The van der Waals surface area contributed by atoms with Gasteiger partial charge in [0.1, 0.15) is 10.3 Å². The lowest BCUT2D eigenvalue weighted by molar-refractivity contribution is 0.144. The summed E-state index contributed by atoms with van der Waals surface area (Å²) in [6, 6.07) is 0.943. The third-order valence-electron chi connectivity index (χ3n) is 1.12. The van der Waals surface area contributed by atoms with Crippen LogP contribution in [-0.2, 0) is 0 Å². The fourth-order valence-electron chi connectivity index (χ4n) is 0.610. The number of alkyl halides is 2. The second-order valence-electron chi connectivity index (χ2n) is 1.93. The minimum atomic E-state index is -2.71. The molecule has 0 aromatic carbocycles. The average molecular weight is 305 g/mol. The Bertz CT molecular complexity index is 303. The van der Waals surface area contributed by atoms with E-state index in [4.69, 9.17) is 0 Å². The highest BCUT2D eigenvalue weighted by Gasteiger charge is 2.16. The molecule has 0 N–H and O–H groups in total. The van der Waals surface area contributed by atoms with E-state index in [1.54, 1.807) is 0 Å². The molecule has 0 fully saturated rings. The van der Waals surface area contributed by atoms with Crippen molar-refractivity contribution in [3.8, 4) is 0 Å². The molecule has 1 aromatic heterocycles. The monoisotopic (exact) mass is 303 g/mol. The van der Waals surface area contributed by atoms with Gasteiger partial charge in [-0.05, 0) is 37.9 Å². The topological polar surface area (TPSA) is 12.9 Å². The first kappa shape index (κ1) is 9.98. The predicted molar refractivity (Wildman–Crippen MR) is 44.6 cm³/mol. The third kappa shape index (κ3) is 1.98. The van der Waals surface area contributed by atoms with Gasteiger partial charge >= 0.3 is 0 Å². The van der Waals surface area contributed by atoms with E-state index in [-0.39, 0.29) is 9.08 Å². The zero-order valence-electron chi connectivity index (χ0n) is 5.49. The molecular weight excluding hydrogens is 303 g/mol. The van der Waals surface area contributed by atoms with Gasteiger partial charge in [-0.15, -0.1) is 0 Å². The molecule has 0 spiro atoms. The van der Waals surface area contributed by atoms with Crippen LogP contribution in [0.3, 0.4) is 0 Å². The Morgan fingerprint density at radius 1 is 1.33 bits per heavy atom. The Balaban J connectivity index is 3.23. The van der Waals surface area contributed by atoms with Crippen molar-refractivity contribution in [2.24, 2.45) is 0 Å². The van der Waals surface area contributed by atoms with E-state index in [9.17, 15) is 13.2 Å². The minimum Gasteiger partial charge on any atom is -0.236 e. The van der Waals surface area contributed by atoms with E-state index in [1.165, 1.54) is 0 Å². The van der Waals surface area contributed by atoms with Gasteiger partial charge in [-0.2, -0.15) is 0 Å². The predicted octanol–water partition coefficient (Wildman–Crippen LogP) is 3.68. The molecule has 0 bridgehead atoms. The number of halogens is 5. The van der Waals surface area contributed by atoms with Crippen LogP contribution < -0.4 is 0 Å². The van der Waals surface area contributed by atoms with E-state index in [0.29, 0.717) is 0 Å². The molecule has 1 nitrogen and oxygen atoms in total. The van der Waals surface area contributed by atoms with Gasteiger partial charge in [-0.25, -0.2) is 18.2 Å². The van der Waals surface area contributed by atoms with E-state index in [2.05, 4.69) is 36.8 Å². The summed E-state index contributed by atoms with van der Waals surface area (Å²) in [5.41, 5.74) is -0.469. The van der Waals surface area contributed by atoms with Crippen molar-refractivity contribution in [1.29, 1.82) is 0 Å². The van der Waals surface area contributed by atoms with Gasteiger partial charge in [0, 0.05) is 4.47 Å². The van der Waals surface area contributed by atoms with E-state index in [0.717, 1.165) is 6.07 Å². The van der Waals surface area contributed by atoms with Crippen molar-refractivity contribution in [3.05, 3.63) is 26.7 Å². The zero-order valence-corrected chi connectivity index (χ0v) is 8.66. The fourth-order valence-corrected chi connectivity index (χ4v) is 1.38. The molecule has 0 aliphatic carbocycles. The highest BCUT2D eigenvalue weighted by atomic mass is 79.9. The molecule has 1 aromatic rings. The van der Waals surface area contributed by atoms with E-state index in [1.807, 2.05) is 0 Å². The zero-order chi connectivity index (χ0) is 9.30. The van der Waals surface area contributed by atoms with Crippen molar-refractivity contribution >= 4 is 31.9 Å². The molecule has 1 rings (SSSR count). The maximum atomic E-state index is 12.6. The number of rotatable bonds is 1. The molecule has 0 aliphatic rings. The van der Waals surface area contributed by atoms with E-state index >= 15 is 0 Å². The lowest BCUT2D eigenvalue weighted by Crippen LogP contribution is -1.94. The van der Waals surface area contributed by atoms with Crippen LogP contribution in [0.2, 0.25) is 0 Å². The molecule has 0 aliphatic heterocycles. The molecule has 0 saturated heterocycles. The quantitative estimate of drug-likeness (QED) is 0.721. The molecule has 0 atom stereocenters. The van der Waals surface area contributed by atoms with Crippen LogP contribution in [0.1, 0.15) is 12.1 Å². The second-order valence-corrected chi connectivity index (χ2v) is 3.53. The van der Waals surface area contributed by atoms with Crippen molar-refractivity contribution in [1.82, 2.24) is 4.98 Å². The molecule has 0 radical (unpaired) electrons. The molecular formula is C6H2Br2F3N. The Morgan fingerprint density at radius 3 is 2.42 bits per heavy atom. The number of nitrogens with zero attached hydrogens (tertiary/aromatic N) is 1. The Labute approximate surface area is 83.2 Å². The van der Waals surface area contributed by atoms with Crippen LogP contribution in [0.5, 0.6) is 0 Å². The molecule has 0 saturated carbocycles. The normalized spacial score (nSPS) is 10.8. The number of hydrogen-bond acceptors (Lipinski definition) is 1. The molecule has 6 heteroatoms. The smallest absolute Gasteiger partial charge is 0.236 e. The molecule has 66 valence electrons. The van der Waals surface area contributed by atoms with Crippen LogP contribution in [0, 0.1) is 5.82 Å². The van der Waals surface area contributed by atoms with Crippen LogP contribution >= 0.6 is 31.9 Å². The maximum Gasteiger partial charge on any atom is 0.281 e. The van der Waals surface area contributed by atoms with Crippen molar-refractivity contribution in [2.75, 3.05) is 0 Å². The van der Waals surface area contributed by atoms with Crippen LogP contribution in [0.15, 0.2) is 15.1 Å². The summed E-state index contributed by atoms with van der Waals surface area (Å²) in [6.07, 6.45) is -2.71. The fraction of sp³-hybridized carbons (Fsp3) is 0.167. The number of aromatic nitrogens is 1. The van der Waals surface area contributed by atoms with Gasteiger partial charge in [0.25, 0.3) is 6.43 Å². The van der Waals surface area contributed by atoms with Crippen LogP contribution in [0.4, 0.5) is 13.2 Å². The van der Waals surface area contributed by atoms with Crippen molar-refractivity contribution in [2.45, 2.75) is 6.43 Å². The first-order valence-corrected chi connectivity index (χ1v) is 4.40. The molecule has 12 heavy (non-hydrogen) atoms. The van der Waals surface area contributed by atoms with Gasteiger partial charge in [-0.1, -0.05) is 0 Å². The van der Waals surface area contributed by atoms with Gasteiger partial charge in [-0.3, -0.25) is 0 Å². The minimum absolute atomic E-state index is 0.0294. The van der Waals surface area contributed by atoms with Crippen molar-refractivity contribution in [3.63, 3.8) is 0 Å². The van der Waals surface area contributed by atoms with Gasteiger partial charge in [0.2, 0.25) is 0 Å². The van der Waals surface area contributed by atoms with E-state index < -0.39 is 17.9 Å². The van der Waals surface area contributed by atoms with Crippen molar-refractivity contribution < 1.29 is 13.2 Å². The largest absolute Gasteiger partial charge is 0.281 e. The Morgan fingerprint density at radius 2 is 1.92 bits per heavy atom. The lowest BCUT2D eigenvalue weighted by Gasteiger charge is -2.02. The SMILES string of the molecule is Fc1cc(Br)c(C(F)F)nc1Br. The highest BCUT2D eigenvalue weighted by molar-refractivity contribution is 9.11. The first-order valence-electron chi connectivity index (χ1n) is 2.82. The summed E-state index contributed by atoms with van der Waals surface area (Å²) >= 11 is 5.49. The summed E-state index contributed by atoms with van der Waals surface area (Å²) in [7, 11) is 0. The van der Waals surface area contributed by atoms with Gasteiger partial charge in [0.15, 0.2) is 5.82 Å². The number of pyridine rings is 1. The maximum absolute atomic E-state index is 12.6. The first-order chi connectivity index (χ1) is 5.52. The second kappa shape index (κ2) is 3.74.